The number of rotatable bonds is 0. The third-order valence-electron chi connectivity index (χ3n) is 0. The van der Waals surface area contributed by atoms with Gasteiger partial charge in [-0.05, 0) is 0 Å². The van der Waals surface area contributed by atoms with Crippen LogP contribution in [0.5, 0.6) is 0 Å². The SMILES string of the molecule is [GeH4].[H-].[Li+].[O]=[V]. The van der Waals surface area contributed by atoms with E-state index in [1.54, 1.807) is 0 Å². The summed E-state index contributed by atoms with van der Waals surface area (Å²) in [7, 11) is 0. The van der Waals surface area contributed by atoms with E-state index in [-0.39, 0.29) is 37.9 Å². The summed E-state index contributed by atoms with van der Waals surface area (Å²) in [6, 6.07) is 0. The number of hydrogen-bond donors (Lipinski definition) is 0. The first-order valence-corrected chi connectivity index (χ1v) is 0.753. The van der Waals surface area contributed by atoms with E-state index in [9.17, 15) is 0 Å². The molecule has 0 spiro atoms. The van der Waals surface area contributed by atoms with E-state index in [4.69, 9.17) is 3.67 Å². The molecule has 0 amide bonds. The fraction of sp³-hybridized carbons (Fsp3) is 0. The molecule has 0 saturated heterocycles. The van der Waals surface area contributed by atoms with Crippen LogP contribution in [0.4, 0.5) is 0 Å². The Balaban J connectivity index is -0.00000000167. The predicted molar refractivity (Wildman–Crippen MR) is 13.1 cm³/mol. The molecule has 0 N–H and O–H groups in total. The zero-order chi connectivity index (χ0) is 2.00. The third-order valence-corrected chi connectivity index (χ3v) is 0. The van der Waals surface area contributed by atoms with Crippen molar-refractivity contribution in [1.29, 1.82) is 0 Å². The van der Waals surface area contributed by atoms with Crippen molar-refractivity contribution >= 4 is 17.6 Å². The van der Waals surface area contributed by atoms with Crippen LogP contribution in [0.2, 0.25) is 0 Å². The van der Waals surface area contributed by atoms with Crippen molar-refractivity contribution in [3.8, 4) is 0 Å². The summed E-state index contributed by atoms with van der Waals surface area (Å²) in [6.07, 6.45) is 0. The molecule has 0 aliphatic heterocycles. The molecule has 4 heteroatoms. The van der Waals surface area contributed by atoms with Crippen LogP contribution in [-0.4, -0.2) is 17.6 Å². The molecule has 0 aliphatic carbocycles. The van der Waals surface area contributed by atoms with E-state index in [0.717, 1.165) is 17.4 Å². The molecule has 0 heterocycles. The second-order valence-corrected chi connectivity index (χ2v) is 0. The van der Waals surface area contributed by atoms with E-state index in [1.165, 1.54) is 0 Å². The molecule has 0 unspecified atom stereocenters. The molecule has 0 rings (SSSR count). The van der Waals surface area contributed by atoms with Crippen molar-refractivity contribution in [1.82, 2.24) is 0 Å². The Hall–Kier alpha value is 1.52. The Morgan fingerprint density at radius 2 is 1.50 bits per heavy atom. The van der Waals surface area contributed by atoms with Crippen molar-refractivity contribution in [3.05, 3.63) is 0 Å². The molecular formula is H5GeLiOV. The first kappa shape index (κ1) is 17.7. The van der Waals surface area contributed by atoms with Crippen LogP contribution in [0.3, 0.4) is 0 Å². The molecule has 0 aromatic carbocycles. The van der Waals surface area contributed by atoms with E-state index in [1.807, 2.05) is 0 Å². The van der Waals surface area contributed by atoms with Crippen molar-refractivity contribution < 1.29 is 41.3 Å². The average molecular weight is 152 g/mol. The van der Waals surface area contributed by atoms with Gasteiger partial charge in [0, 0.05) is 0 Å². The standard InChI is InChI=1S/GeH4.Li.O.V.H/h1H4;;;;/q;+1;;;-1. The summed E-state index contributed by atoms with van der Waals surface area (Å²) in [4.78, 5) is 0. The van der Waals surface area contributed by atoms with Gasteiger partial charge in [0.1, 0.15) is 0 Å². The quantitative estimate of drug-likeness (QED) is 0.319. The minimum atomic E-state index is 0. The molecule has 0 aromatic heterocycles. The van der Waals surface area contributed by atoms with E-state index in [2.05, 4.69) is 0 Å². The van der Waals surface area contributed by atoms with E-state index < -0.39 is 0 Å². The van der Waals surface area contributed by atoms with Gasteiger partial charge in [0.05, 0.1) is 0 Å². The zero-order valence-corrected chi connectivity index (χ0v) is 3.25. The van der Waals surface area contributed by atoms with Crippen LogP contribution in [-0.2, 0) is 21.0 Å². The Bertz CT molecular complexity index is 11.6. The molecule has 4 heavy (non-hydrogen) atoms. The predicted octanol–water partition coefficient (Wildman–Crippen LogP) is -4.46. The molecule has 0 aliphatic rings. The van der Waals surface area contributed by atoms with Crippen molar-refractivity contribution in [3.63, 3.8) is 0 Å². The van der Waals surface area contributed by atoms with Gasteiger partial charge >= 0.3 is 57.5 Å². The van der Waals surface area contributed by atoms with Gasteiger partial charge in [-0.1, -0.05) is 0 Å². The van der Waals surface area contributed by atoms with Gasteiger partial charge in [0.2, 0.25) is 0 Å². The van der Waals surface area contributed by atoms with Crippen LogP contribution in [0.15, 0.2) is 0 Å². The van der Waals surface area contributed by atoms with Gasteiger partial charge in [-0.15, -0.1) is 0 Å². The normalized spacial score (nSPS) is 0.750. The van der Waals surface area contributed by atoms with Gasteiger partial charge < -0.3 is 1.43 Å². The topological polar surface area (TPSA) is 17.1 Å². The summed E-state index contributed by atoms with van der Waals surface area (Å²) in [5.41, 5.74) is 0. The molecule has 0 bridgehead atoms. The van der Waals surface area contributed by atoms with E-state index in [0.29, 0.717) is 0 Å². The average Bonchev–Trinajstić information content (AvgIpc) is 1.00. The van der Waals surface area contributed by atoms with Gasteiger partial charge in [0.25, 0.3) is 0 Å². The Morgan fingerprint density at radius 1 is 1.50 bits per heavy atom. The summed E-state index contributed by atoms with van der Waals surface area (Å²) < 4.78 is 8.19. The van der Waals surface area contributed by atoms with Crippen molar-refractivity contribution in [2.45, 2.75) is 0 Å². The molecule has 21 valence electrons. The fourth-order valence-corrected chi connectivity index (χ4v) is 0. The maximum atomic E-state index is 8.19. The molecular weight excluding hydrogens is 146 g/mol. The monoisotopic (exact) mass is 153 g/mol. The van der Waals surface area contributed by atoms with Gasteiger partial charge in [-0.25, -0.2) is 0 Å². The molecule has 0 saturated carbocycles. The van der Waals surface area contributed by atoms with Crippen LogP contribution in [0.25, 0.3) is 0 Å². The van der Waals surface area contributed by atoms with Crippen LogP contribution in [0, 0.1) is 0 Å². The second kappa shape index (κ2) is 24.2. The number of hydrogen-bond acceptors (Lipinski definition) is 1. The molecule has 0 fully saturated rings. The summed E-state index contributed by atoms with van der Waals surface area (Å²) in [6.45, 7) is 0. The van der Waals surface area contributed by atoms with E-state index >= 15 is 0 Å². The van der Waals surface area contributed by atoms with Crippen LogP contribution in [0.1, 0.15) is 1.43 Å². The van der Waals surface area contributed by atoms with Gasteiger partial charge in [0.15, 0.2) is 0 Å². The summed E-state index contributed by atoms with van der Waals surface area (Å²) in [5, 5.41) is 0. The Kier molecular flexibility index (Phi) is 107. The Labute approximate surface area is 58.7 Å². The molecule has 0 atom stereocenters. The molecule has 1 nitrogen and oxygen atoms in total. The first-order valence-electron chi connectivity index (χ1n) is 0.183. The fourth-order valence-electron chi connectivity index (χ4n) is 0. The van der Waals surface area contributed by atoms with Crippen molar-refractivity contribution in [2.75, 3.05) is 0 Å². The van der Waals surface area contributed by atoms with Crippen molar-refractivity contribution in [2.24, 2.45) is 0 Å². The Morgan fingerprint density at radius 3 is 1.50 bits per heavy atom. The molecule has 0 radical (unpaired) electrons. The van der Waals surface area contributed by atoms with Crippen LogP contribution < -0.4 is 18.9 Å². The summed E-state index contributed by atoms with van der Waals surface area (Å²) >= 11 is 1.06. The second-order valence-electron chi connectivity index (χ2n) is 0. The summed E-state index contributed by atoms with van der Waals surface area (Å²) in [5.74, 6) is 0. The minimum absolute atomic E-state index is 0. The first-order chi connectivity index (χ1) is 1.00. The van der Waals surface area contributed by atoms with Gasteiger partial charge in [-0.2, -0.15) is 0 Å². The van der Waals surface area contributed by atoms with Gasteiger partial charge in [-0.3, -0.25) is 0 Å². The maximum absolute atomic E-state index is 8.19. The zero-order valence-electron chi connectivity index (χ0n) is 2.86. The third kappa shape index (κ3) is 9.66. The van der Waals surface area contributed by atoms with Crippen LogP contribution >= 0.6 is 0 Å². The molecule has 0 aromatic rings.